The Morgan fingerprint density at radius 2 is 1.86 bits per heavy atom. The summed E-state index contributed by atoms with van der Waals surface area (Å²) in [4.78, 5) is 11.2. The van der Waals surface area contributed by atoms with Gasteiger partial charge in [-0.1, -0.05) is 40.9 Å². The van der Waals surface area contributed by atoms with Crippen LogP contribution in [0.5, 0.6) is 5.75 Å². The highest BCUT2D eigenvalue weighted by Crippen LogP contribution is 2.33. The third-order valence-electron chi connectivity index (χ3n) is 2.63. The Morgan fingerprint density at radius 1 is 1.14 bits per heavy atom. The van der Waals surface area contributed by atoms with Gasteiger partial charge in [-0.3, -0.25) is 0 Å². The van der Waals surface area contributed by atoms with Gasteiger partial charge in [0.15, 0.2) is 5.75 Å². The molecule has 0 fully saturated rings. The molecule has 3 nitrogen and oxygen atoms in total. The highest BCUT2D eigenvalue weighted by molar-refractivity contribution is 6.36. The first kappa shape index (κ1) is 15.9. The number of hydrogen-bond acceptors (Lipinski definition) is 2. The van der Waals surface area contributed by atoms with Gasteiger partial charge >= 0.3 is 5.97 Å². The molecule has 2 aromatic rings. The van der Waals surface area contributed by atoms with Gasteiger partial charge in [0.1, 0.15) is 18.0 Å². The van der Waals surface area contributed by atoms with E-state index in [-0.39, 0.29) is 38.6 Å². The zero-order valence-electron chi connectivity index (χ0n) is 10.4. The van der Waals surface area contributed by atoms with Crippen LogP contribution in [0.2, 0.25) is 15.1 Å². The minimum absolute atomic E-state index is 0.0364. The van der Waals surface area contributed by atoms with Crippen LogP contribution in [0.4, 0.5) is 4.39 Å². The molecule has 7 heteroatoms. The molecule has 110 valence electrons. The van der Waals surface area contributed by atoms with Crippen LogP contribution in [0.3, 0.4) is 0 Å². The molecule has 0 bridgehead atoms. The highest BCUT2D eigenvalue weighted by Gasteiger charge is 2.17. The molecular weight excluding hydrogens is 342 g/mol. The molecule has 0 unspecified atom stereocenters. The number of aromatic carboxylic acids is 1. The number of halogens is 4. The summed E-state index contributed by atoms with van der Waals surface area (Å²) in [7, 11) is 0. The van der Waals surface area contributed by atoms with Crippen molar-refractivity contribution in [3.05, 3.63) is 62.3 Å². The number of carboxylic acids is 1. The fourth-order valence-electron chi connectivity index (χ4n) is 1.65. The monoisotopic (exact) mass is 348 g/mol. The van der Waals surface area contributed by atoms with Crippen LogP contribution >= 0.6 is 34.8 Å². The number of ether oxygens (including phenoxy) is 1. The number of benzene rings is 2. The summed E-state index contributed by atoms with van der Waals surface area (Å²) in [5.74, 6) is -1.86. The van der Waals surface area contributed by atoms with Crippen molar-refractivity contribution in [1.82, 2.24) is 0 Å². The summed E-state index contributed by atoms with van der Waals surface area (Å²) >= 11 is 17.3. The summed E-state index contributed by atoms with van der Waals surface area (Å²) in [5.41, 5.74) is 0.0311. The van der Waals surface area contributed by atoms with Gasteiger partial charge in [0.2, 0.25) is 0 Å². The number of carbonyl (C=O) groups is 1. The van der Waals surface area contributed by atoms with Crippen molar-refractivity contribution >= 4 is 40.8 Å². The van der Waals surface area contributed by atoms with Crippen molar-refractivity contribution in [1.29, 1.82) is 0 Å². The van der Waals surface area contributed by atoms with Gasteiger partial charge in [0, 0.05) is 15.6 Å². The minimum atomic E-state index is -1.24. The lowest BCUT2D eigenvalue weighted by atomic mass is 10.2. The fourth-order valence-corrected chi connectivity index (χ4v) is 2.36. The van der Waals surface area contributed by atoms with E-state index in [4.69, 9.17) is 44.6 Å². The van der Waals surface area contributed by atoms with E-state index in [2.05, 4.69) is 0 Å². The predicted molar refractivity (Wildman–Crippen MR) is 79.2 cm³/mol. The number of hydrogen-bond donors (Lipinski definition) is 1. The molecule has 0 amide bonds. The quantitative estimate of drug-likeness (QED) is 0.839. The van der Waals surface area contributed by atoms with E-state index in [1.807, 2.05) is 0 Å². The van der Waals surface area contributed by atoms with Gasteiger partial charge in [0.05, 0.1) is 5.02 Å². The highest BCUT2D eigenvalue weighted by atomic mass is 35.5. The molecule has 1 N–H and O–H groups in total. The van der Waals surface area contributed by atoms with E-state index in [0.29, 0.717) is 0 Å². The van der Waals surface area contributed by atoms with Gasteiger partial charge in [-0.2, -0.15) is 0 Å². The SMILES string of the molecule is O=C(O)c1cc(Cl)cc(Cl)c1OCc1ccc(Cl)cc1F. The molecule has 0 aliphatic rings. The lowest BCUT2D eigenvalue weighted by molar-refractivity contribution is 0.0691. The fraction of sp³-hybridized carbons (Fsp3) is 0.0714. The second kappa shape index (κ2) is 6.52. The van der Waals surface area contributed by atoms with E-state index >= 15 is 0 Å². The van der Waals surface area contributed by atoms with E-state index < -0.39 is 11.8 Å². The summed E-state index contributed by atoms with van der Waals surface area (Å²) in [6.45, 7) is -0.190. The second-order valence-corrected chi connectivity index (χ2v) is 5.37. The van der Waals surface area contributed by atoms with Crippen LogP contribution in [0.25, 0.3) is 0 Å². The van der Waals surface area contributed by atoms with Gasteiger partial charge in [0.25, 0.3) is 0 Å². The molecule has 0 spiro atoms. The van der Waals surface area contributed by atoms with Crippen LogP contribution in [0, 0.1) is 5.82 Å². The molecular formula is C14H8Cl3FO3. The van der Waals surface area contributed by atoms with Crippen LogP contribution in [-0.2, 0) is 6.61 Å². The normalized spacial score (nSPS) is 10.5. The summed E-state index contributed by atoms with van der Waals surface area (Å²) in [6, 6.07) is 6.65. The molecule has 0 heterocycles. The summed E-state index contributed by atoms with van der Waals surface area (Å²) < 4.78 is 19.0. The van der Waals surface area contributed by atoms with Gasteiger partial charge in [-0.25, -0.2) is 9.18 Å². The van der Waals surface area contributed by atoms with Gasteiger partial charge in [-0.15, -0.1) is 0 Å². The lowest BCUT2D eigenvalue weighted by Gasteiger charge is -2.12. The van der Waals surface area contributed by atoms with E-state index in [0.717, 1.165) is 6.07 Å². The Labute approximate surface area is 134 Å². The first-order chi connectivity index (χ1) is 9.88. The zero-order chi connectivity index (χ0) is 15.6. The first-order valence-electron chi connectivity index (χ1n) is 5.67. The van der Waals surface area contributed by atoms with Crippen molar-refractivity contribution in [3.63, 3.8) is 0 Å². The standard InChI is InChI=1S/C14H8Cl3FO3/c15-8-2-1-7(12(18)5-8)6-21-13-10(14(19)20)3-9(16)4-11(13)17/h1-5H,6H2,(H,19,20). The molecule has 0 aliphatic heterocycles. The lowest BCUT2D eigenvalue weighted by Crippen LogP contribution is -2.05. The molecule has 0 radical (unpaired) electrons. The average Bonchev–Trinajstić information content (AvgIpc) is 2.38. The largest absolute Gasteiger partial charge is 0.486 e. The van der Waals surface area contributed by atoms with Crippen molar-refractivity contribution in [2.45, 2.75) is 6.61 Å². The van der Waals surface area contributed by atoms with E-state index in [1.165, 1.54) is 24.3 Å². The summed E-state index contributed by atoms with van der Waals surface area (Å²) in [6.07, 6.45) is 0. The van der Waals surface area contributed by atoms with Crippen LogP contribution in [0.15, 0.2) is 30.3 Å². The topological polar surface area (TPSA) is 46.5 Å². The molecule has 0 saturated carbocycles. The maximum atomic E-state index is 13.6. The Bertz CT molecular complexity index is 704. The van der Waals surface area contributed by atoms with E-state index in [9.17, 15) is 9.18 Å². The summed E-state index contributed by atoms with van der Waals surface area (Å²) in [5, 5.41) is 9.58. The number of rotatable bonds is 4. The maximum Gasteiger partial charge on any atom is 0.339 e. The minimum Gasteiger partial charge on any atom is -0.486 e. The zero-order valence-corrected chi connectivity index (χ0v) is 12.6. The van der Waals surface area contributed by atoms with Crippen molar-refractivity contribution in [2.75, 3.05) is 0 Å². The van der Waals surface area contributed by atoms with Gasteiger partial charge < -0.3 is 9.84 Å². The first-order valence-corrected chi connectivity index (χ1v) is 6.81. The Balaban J connectivity index is 2.29. The predicted octanol–water partition coefficient (Wildman–Crippen LogP) is 5.06. The smallest absolute Gasteiger partial charge is 0.339 e. The van der Waals surface area contributed by atoms with Crippen LogP contribution < -0.4 is 4.74 Å². The van der Waals surface area contributed by atoms with E-state index in [1.54, 1.807) is 0 Å². The Hall–Kier alpha value is -1.49. The molecule has 0 atom stereocenters. The molecule has 0 saturated heterocycles. The van der Waals surface area contributed by atoms with Crippen LogP contribution in [0.1, 0.15) is 15.9 Å². The van der Waals surface area contributed by atoms with Crippen LogP contribution in [-0.4, -0.2) is 11.1 Å². The molecule has 2 rings (SSSR count). The third-order valence-corrected chi connectivity index (χ3v) is 3.36. The van der Waals surface area contributed by atoms with Crippen molar-refractivity contribution in [2.24, 2.45) is 0 Å². The third kappa shape index (κ3) is 3.79. The molecule has 2 aromatic carbocycles. The Morgan fingerprint density at radius 3 is 2.48 bits per heavy atom. The van der Waals surface area contributed by atoms with Crippen molar-refractivity contribution in [3.8, 4) is 5.75 Å². The number of carboxylic acid groups (broad SMARTS) is 1. The Kier molecular flexibility index (Phi) is 4.93. The maximum absolute atomic E-state index is 13.6. The van der Waals surface area contributed by atoms with Crippen molar-refractivity contribution < 1.29 is 19.0 Å². The molecule has 21 heavy (non-hydrogen) atoms. The van der Waals surface area contributed by atoms with Gasteiger partial charge in [-0.05, 0) is 24.3 Å². The second-order valence-electron chi connectivity index (χ2n) is 4.09. The average molecular weight is 350 g/mol. The molecule has 0 aliphatic carbocycles. The molecule has 0 aromatic heterocycles.